The van der Waals surface area contributed by atoms with E-state index >= 15 is 0 Å². The first-order valence-corrected chi connectivity index (χ1v) is 12.4. The molecule has 0 N–H and O–H groups in total. The van der Waals surface area contributed by atoms with Crippen molar-refractivity contribution in [3.63, 3.8) is 0 Å². The van der Waals surface area contributed by atoms with Crippen molar-refractivity contribution in [2.75, 3.05) is 19.7 Å². The summed E-state index contributed by atoms with van der Waals surface area (Å²) >= 11 is 0. The molecule has 0 atom stereocenters. The molecule has 196 valence electrons. The van der Waals surface area contributed by atoms with Crippen LogP contribution in [0.2, 0.25) is 0 Å². The number of hydrogen-bond donors (Lipinski definition) is 0. The van der Waals surface area contributed by atoms with Gasteiger partial charge in [0.2, 0.25) is 5.43 Å². The summed E-state index contributed by atoms with van der Waals surface area (Å²) in [6, 6.07) is 17.9. The monoisotopic (exact) mass is 514 g/mol. The first-order chi connectivity index (χ1) is 18.1. The average molecular weight is 515 g/mol. The third kappa shape index (κ3) is 7.07. The van der Waals surface area contributed by atoms with Crippen LogP contribution in [0.3, 0.4) is 0 Å². The van der Waals surface area contributed by atoms with Crippen molar-refractivity contribution in [3.8, 4) is 11.8 Å². The van der Waals surface area contributed by atoms with Gasteiger partial charge in [0.05, 0.1) is 30.3 Å². The molecule has 1 amide bonds. The maximum atomic E-state index is 12.5. The fourth-order valence-corrected chi connectivity index (χ4v) is 4.05. The molecule has 2 heterocycles. The number of carbonyl (C=O) groups excluding carboxylic acids is 2. The third-order valence-electron chi connectivity index (χ3n) is 5.92. The summed E-state index contributed by atoms with van der Waals surface area (Å²) in [7, 11) is 0. The largest absolute Gasteiger partial charge is 0.465 e. The Labute approximate surface area is 221 Å². The molecule has 1 fully saturated rings. The summed E-state index contributed by atoms with van der Waals surface area (Å²) in [5, 5.41) is 13.6. The molecule has 0 bridgehead atoms. The maximum Gasteiger partial charge on any atom is 0.410 e. The summed E-state index contributed by atoms with van der Waals surface area (Å²) in [6.45, 7) is 6.71. The van der Waals surface area contributed by atoms with Crippen LogP contribution in [0, 0.1) is 17.2 Å². The minimum atomic E-state index is -0.542. The zero-order chi connectivity index (χ0) is 27.3. The van der Waals surface area contributed by atoms with Crippen LogP contribution in [0.15, 0.2) is 65.6 Å². The molecule has 1 saturated heterocycles. The van der Waals surface area contributed by atoms with E-state index in [1.54, 1.807) is 34.0 Å². The lowest BCUT2D eigenvalue weighted by Gasteiger charge is -2.39. The molecule has 9 nitrogen and oxygen atoms in total. The number of esters is 1. The lowest BCUT2D eigenvalue weighted by atomic mass is 10.0. The second kappa shape index (κ2) is 11.3. The van der Waals surface area contributed by atoms with Gasteiger partial charge in [-0.2, -0.15) is 10.4 Å². The molecule has 4 rings (SSSR count). The zero-order valence-electron chi connectivity index (χ0n) is 21.7. The molecule has 0 radical (unpaired) electrons. The van der Waals surface area contributed by atoms with Gasteiger partial charge in [0.25, 0.3) is 0 Å². The van der Waals surface area contributed by atoms with Gasteiger partial charge in [-0.25, -0.2) is 9.48 Å². The van der Waals surface area contributed by atoms with Crippen LogP contribution in [0.4, 0.5) is 4.79 Å². The predicted molar refractivity (Wildman–Crippen MR) is 140 cm³/mol. The molecule has 0 aliphatic carbocycles. The number of carbonyl (C=O) groups is 2. The van der Waals surface area contributed by atoms with Gasteiger partial charge in [0.1, 0.15) is 11.3 Å². The Morgan fingerprint density at radius 2 is 1.82 bits per heavy atom. The Kier molecular flexibility index (Phi) is 7.91. The fourth-order valence-electron chi connectivity index (χ4n) is 4.05. The molecule has 9 heteroatoms. The average Bonchev–Trinajstić information content (AvgIpc) is 2.83. The van der Waals surface area contributed by atoms with Crippen molar-refractivity contribution in [1.29, 1.82) is 5.26 Å². The quantitative estimate of drug-likeness (QED) is 0.442. The SMILES string of the molecule is CC(C)(C)OC(=O)N1CC(COC(=O)Cc2cccc(Cc3nn(-c4cccc(C#N)c4)ccc3=O)c2)C1. The van der Waals surface area contributed by atoms with Crippen molar-refractivity contribution < 1.29 is 19.1 Å². The van der Waals surface area contributed by atoms with E-state index in [4.69, 9.17) is 14.7 Å². The standard InChI is InChI=1S/C29H30N4O5/c1-29(2,3)38-28(36)32-17-23(18-32)19-37-27(35)15-21-7-4-6-20(12-21)14-25-26(34)10-11-33(31-25)24-9-5-8-22(13-24)16-30/h4-13,23H,14-15,17-19H2,1-3H3. The Balaban J connectivity index is 1.31. The van der Waals surface area contributed by atoms with Gasteiger partial charge in [-0.3, -0.25) is 9.59 Å². The van der Waals surface area contributed by atoms with E-state index in [9.17, 15) is 14.4 Å². The number of likely N-dealkylation sites (tertiary alicyclic amines) is 1. The molecule has 3 aromatic rings. The number of aromatic nitrogens is 2. The van der Waals surface area contributed by atoms with Crippen LogP contribution in [0.5, 0.6) is 0 Å². The summed E-state index contributed by atoms with van der Waals surface area (Å²) < 4.78 is 12.3. The van der Waals surface area contributed by atoms with E-state index in [2.05, 4.69) is 11.2 Å². The van der Waals surface area contributed by atoms with Crippen LogP contribution in [-0.4, -0.2) is 52.0 Å². The number of rotatable bonds is 7. The van der Waals surface area contributed by atoms with Gasteiger partial charge in [-0.1, -0.05) is 30.3 Å². The van der Waals surface area contributed by atoms with Crippen molar-refractivity contribution in [1.82, 2.24) is 14.7 Å². The molecule has 0 spiro atoms. The van der Waals surface area contributed by atoms with Crippen LogP contribution >= 0.6 is 0 Å². The van der Waals surface area contributed by atoms with Crippen molar-refractivity contribution >= 4 is 12.1 Å². The fraction of sp³-hybridized carbons (Fsp3) is 0.345. The minimum absolute atomic E-state index is 0.0954. The highest BCUT2D eigenvalue weighted by Crippen LogP contribution is 2.20. The first-order valence-electron chi connectivity index (χ1n) is 12.4. The van der Waals surface area contributed by atoms with Crippen LogP contribution in [0.25, 0.3) is 5.69 Å². The Morgan fingerprint density at radius 3 is 2.55 bits per heavy atom. The molecule has 0 unspecified atom stereocenters. The maximum absolute atomic E-state index is 12.5. The van der Waals surface area contributed by atoms with Gasteiger partial charge in [-0.05, 0) is 50.1 Å². The van der Waals surface area contributed by atoms with Gasteiger partial charge in [0, 0.05) is 37.7 Å². The van der Waals surface area contributed by atoms with Gasteiger partial charge < -0.3 is 14.4 Å². The highest BCUT2D eigenvalue weighted by atomic mass is 16.6. The highest BCUT2D eigenvalue weighted by molar-refractivity contribution is 5.72. The number of hydrogen-bond acceptors (Lipinski definition) is 7. The number of benzene rings is 2. The highest BCUT2D eigenvalue weighted by Gasteiger charge is 2.34. The van der Waals surface area contributed by atoms with Crippen molar-refractivity contribution in [3.05, 3.63) is 93.4 Å². The van der Waals surface area contributed by atoms with E-state index in [-0.39, 0.29) is 36.4 Å². The summed E-state index contributed by atoms with van der Waals surface area (Å²) in [6.07, 6.45) is 1.61. The first kappa shape index (κ1) is 26.6. The number of nitrogens with zero attached hydrogens (tertiary/aromatic N) is 4. The molecule has 1 aliphatic rings. The predicted octanol–water partition coefficient (Wildman–Crippen LogP) is 3.65. The normalized spacial score (nSPS) is 13.4. The van der Waals surface area contributed by atoms with Crippen molar-refractivity contribution in [2.24, 2.45) is 5.92 Å². The van der Waals surface area contributed by atoms with Gasteiger partial charge >= 0.3 is 12.1 Å². The summed E-state index contributed by atoms with van der Waals surface area (Å²) in [4.78, 5) is 38.5. The Hall–Kier alpha value is -4.45. The second-order valence-corrected chi connectivity index (χ2v) is 10.3. The van der Waals surface area contributed by atoms with E-state index in [0.717, 1.165) is 11.1 Å². The van der Waals surface area contributed by atoms with E-state index in [0.29, 0.717) is 36.5 Å². The molecular weight excluding hydrogens is 484 g/mol. The van der Waals surface area contributed by atoms with Crippen LogP contribution in [-0.2, 0) is 27.1 Å². The smallest absolute Gasteiger partial charge is 0.410 e. The Bertz CT molecular complexity index is 1430. The van der Waals surface area contributed by atoms with Crippen LogP contribution in [0.1, 0.15) is 43.2 Å². The topological polar surface area (TPSA) is 115 Å². The second-order valence-electron chi connectivity index (χ2n) is 10.3. The number of ether oxygens (including phenoxy) is 2. The molecule has 38 heavy (non-hydrogen) atoms. The summed E-state index contributed by atoms with van der Waals surface area (Å²) in [5.41, 5.74) is 2.42. The molecule has 1 aromatic heterocycles. The molecule has 1 aliphatic heterocycles. The molecular formula is C29H30N4O5. The molecule has 0 saturated carbocycles. The van der Waals surface area contributed by atoms with Crippen molar-refractivity contribution in [2.45, 2.75) is 39.2 Å². The van der Waals surface area contributed by atoms with E-state index < -0.39 is 5.60 Å². The molecule has 2 aromatic carbocycles. The van der Waals surface area contributed by atoms with Crippen LogP contribution < -0.4 is 5.43 Å². The van der Waals surface area contributed by atoms with E-state index in [1.165, 1.54) is 6.07 Å². The Morgan fingerprint density at radius 1 is 1.08 bits per heavy atom. The van der Waals surface area contributed by atoms with Gasteiger partial charge in [0.15, 0.2) is 0 Å². The third-order valence-corrected chi connectivity index (χ3v) is 5.92. The lowest BCUT2D eigenvalue weighted by molar-refractivity contribution is -0.145. The zero-order valence-corrected chi connectivity index (χ0v) is 21.7. The summed E-state index contributed by atoms with van der Waals surface area (Å²) in [5.74, 6) is -0.256. The van der Waals surface area contributed by atoms with Gasteiger partial charge in [-0.15, -0.1) is 0 Å². The number of nitriles is 1. The minimum Gasteiger partial charge on any atom is -0.465 e. The van der Waals surface area contributed by atoms with E-state index in [1.807, 2.05) is 51.1 Å². The number of amides is 1. The lowest BCUT2D eigenvalue weighted by Crippen LogP contribution is -2.53.